The Bertz CT molecular complexity index is 4160. The summed E-state index contributed by atoms with van der Waals surface area (Å²) in [5.41, 5.74) is 3.63. The Labute approximate surface area is 463 Å². The number of nitro groups is 3. The van der Waals surface area contributed by atoms with Gasteiger partial charge >= 0.3 is 11.2 Å². The quantitative estimate of drug-likeness (QED) is 0.0621. The fourth-order valence-corrected chi connectivity index (χ4v) is 8.54. The summed E-state index contributed by atoms with van der Waals surface area (Å²) >= 11 is 13.3. The van der Waals surface area contributed by atoms with E-state index >= 15 is 0 Å². The van der Waals surface area contributed by atoms with Crippen molar-refractivity contribution in [1.82, 2.24) is 39.6 Å². The van der Waals surface area contributed by atoms with Gasteiger partial charge in [0.25, 0.3) is 22.4 Å². The Kier molecular flexibility index (Phi) is 15.2. The summed E-state index contributed by atoms with van der Waals surface area (Å²) in [6.45, 7) is 0. The van der Waals surface area contributed by atoms with E-state index < -0.39 is 26.1 Å². The zero-order valence-electron chi connectivity index (χ0n) is 38.5. The van der Waals surface area contributed by atoms with Gasteiger partial charge in [0.1, 0.15) is 22.7 Å². The third-order valence-corrected chi connectivity index (χ3v) is 13.0. The Morgan fingerprint density at radius 1 is 0.351 bits per heavy atom. The second-order valence-corrected chi connectivity index (χ2v) is 19.5. The van der Waals surface area contributed by atoms with Gasteiger partial charge in [0.2, 0.25) is 27.6 Å². The third kappa shape index (κ3) is 11.2. The molecule has 77 heavy (non-hydrogen) atoms. The van der Waals surface area contributed by atoms with Gasteiger partial charge in [0, 0.05) is 42.2 Å². The molecule has 0 amide bonds. The number of hydrogen-bond acceptors (Lipinski definition) is 14. The summed E-state index contributed by atoms with van der Waals surface area (Å²) in [4.78, 5) is 37.7. The van der Waals surface area contributed by atoms with Crippen molar-refractivity contribution >= 4 is 125 Å². The van der Waals surface area contributed by atoms with Crippen molar-refractivity contribution in [2.75, 3.05) is 0 Å². The maximum atomic E-state index is 12.3. The molecule has 0 radical (unpaired) electrons. The molecule has 4 heterocycles. The Morgan fingerprint density at radius 3 is 1.25 bits per heavy atom. The van der Waals surface area contributed by atoms with Crippen molar-refractivity contribution in [3.63, 3.8) is 0 Å². The van der Waals surface area contributed by atoms with Crippen molar-refractivity contribution in [3.05, 3.63) is 245 Å². The van der Waals surface area contributed by atoms with Crippen LogP contribution in [0.25, 0.3) is 66.9 Å². The van der Waals surface area contributed by atoms with Crippen molar-refractivity contribution in [3.8, 4) is 22.7 Å². The summed E-state index contributed by atoms with van der Waals surface area (Å²) in [7, 11) is 0. The third-order valence-electron chi connectivity index (χ3n) is 10.9. The van der Waals surface area contributed by atoms with Crippen LogP contribution in [0.4, 0.5) is 17.1 Å². The molecule has 0 unspecified atom stereocenters. The predicted molar refractivity (Wildman–Crippen MR) is 291 cm³/mol. The molecular formula is C48H29Br4N15O10. The summed E-state index contributed by atoms with van der Waals surface area (Å²) < 4.78 is 3.42. The molecule has 0 aliphatic carbocycles. The van der Waals surface area contributed by atoms with Crippen LogP contribution in [-0.4, -0.2) is 54.4 Å². The average molecular weight is 1300 g/mol. The number of benzene rings is 8. The first-order chi connectivity index (χ1) is 36.9. The second-order valence-electron chi connectivity index (χ2n) is 15.8. The topological polar surface area (TPSA) is 308 Å². The Hall–Kier alpha value is -9.32. The molecule has 12 aromatic rings. The lowest BCUT2D eigenvalue weighted by molar-refractivity contribution is -0.664. The number of halogens is 4. The molecule has 0 saturated heterocycles. The van der Waals surface area contributed by atoms with Crippen LogP contribution in [0.2, 0.25) is 0 Å². The number of nitro benzene ring substituents is 3. The number of non-ortho nitro benzene ring substituents is 3. The highest BCUT2D eigenvalue weighted by molar-refractivity contribution is 9.11. The number of fused-ring (bicyclic) bond motifs is 4. The van der Waals surface area contributed by atoms with Crippen LogP contribution in [0.3, 0.4) is 0 Å². The van der Waals surface area contributed by atoms with Gasteiger partial charge in [-0.25, -0.2) is 0 Å². The van der Waals surface area contributed by atoms with Crippen LogP contribution in [-0.2, 0) is 0 Å². The molecular weight excluding hydrogens is 1270 g/mol. The Balaban J connectivity index is 0.000000126. The van der Waals surface area contributed by atoms with Gasteiger partial charge in [-0.05, 0) is 116 Å². The van der Waals surface area contributed by atoms with Crippen LogP contribution >= 0.6 is 63.7 Å². The average Bonchev–Trinajstić information content (AvgIpc) is 4.19. The maximum Gasteiger partial charge on any atom is 0.334 e. The Morgan fingerprint density at radius 2 is 0.740 bits per heavy atom. The van der Waals surface area contributed by atoms with Crippen LogP contribution < -0.4 is 19.4 Å². The zero-order chi connectivity index (χ0) is 54.7. The van der Waals surface area contributed by atoms with Gasteiger partial charge in [-0.2, -0.15) is 0 Å². The molecule has 0 aliphatic rings. The SMILES string of the molecule is O=[N+]([O-])c1cc([N+](=O)[O-])c2nn(-c3ccc(Br)cc3)[n+]([O-])c2c1.O=[N+]([O-])c1ccc2nn(-c3ccc(Br)cc3)[n+]([O-])c2c1.[O-][n+]1c2cc(Br)ccc2nn1-c1ccccc1.[O-][n+]1c2ccc(Br)cc2nn1-c1ccccc1. The number of hydrogen-bond donors (Lipinski definition) is 0. The van der Waals surface area contributed by atoms with E-state index in [4.69, 9.17) is 0 Å². The molecule has 4 aromatic heterocycles. The van der Waals surface area contributed by atoms with Gasteiger partial charge in [-0.1, -0.05) is 100 Å². The largest absolute Gasteiger partial charge is 0.692 e. The lowest BCUT2D eigenvalue weighted by Crippen LogP contribution is -2.37. The second kappa shape index (κ2) is 22.3. The van der Waals surface area contributed by atoms with E-state index in [0.29, 0.717) is 43.8 Å². The van der Waals surface area contributed by atoms with Crippen molar-refractivity contribution in [1.29, 1.82) is 0 Å². The first-order valence-electron chi connectivity index (χ1n) is 21.9. The molecule has 0 saturated carbocycles. The minimum atomic E-state index is -0.811. The fourth-order valence-electron chi connectivity index (χ4n) is 7.31. The number of nitrogens with zero attached hydrogens (tertiary/aromatic N) is 15. The minimum absolute atomic E-state index is 0.141. The standard InChI is InChI=1S/C12H6BrN5O5.C12H7BrN4O3.2C12H8BrN3O/c13-7-1-3-8(4-2-7)15-14-12-10(16(15)19)5-9(17(20)21)6-11(12)18(22)23;13-8-1-3-9(4-2-8)15-14-11-6-5-10(17(19)20)7-12(11)16(15)18;13-9-6-7-12-11(8-9)14-15(16(12)17)10-4-2-1-3-5-10;13-9-6-7-11-12(8-9)16(17)15(14-11)10-4-2-1-3-5-10/h1-6H;1-7H;2*1-8H. The van der Waals surface area contributed by atoms with E-state index in [9.17, 15) is 51.2 Å². The van der Waals surface area contributed by atoms with E-state index in [1.807, 2.05) is 84.9 Å². The summed E-state index contributed by atoms with van der Waals surface area (Å²) in [6, 6.07) is 48.7. The number of aromatic nitrogens is 12. The fraction of sp³-hybridized carbons (Fsp3) is 0. The summed E-state index contributed by atoms with van der Waals surface area (Å²) in [5.74, 6) is 0. The van der Waals surface area contributed by atoms with Gasteiger partial charge in [-0.3, -0.25) is 30.3 Å². The smallest absolute Gasteiger partial charge is 0.334 e. The summed E-state index contributed by atoms with van der Waals surface area (Å²) in [5, 5.41) is 98.0. The first kappa shape index (κ1) is 52.5. The van der Waals surface area contributed by atoms with Crippen LogP contribution in [0.1, 0.15) is 0 Å². The molecule has 0 N–H and O–H groups in total. The molecule has 384 valence electrons. The monoisotopic (exact) mass is 1290 g/mol. The van der Waals surface area contributed by atoms with Gasteiger partial charge in [0.15, 0.2) is 0 Å². The van der Waals surface area contributed by atoms with Gasteiger partial charge in [0.05, 0.1) is 53.4 Å². The molecule has 8 aromatic carbocycles. The molecule has 0 bridgehead atoms. The maximum absolute atomic E-state index is 12.3. The molecule has 12 rings (SSSR count). The van der Waals surface area contributed by atoms with Crippen LogP contribution in [0.15, 0.2) is 194 Å². The first-order valence-corrected chi connectivity index (χ1v) is 25.0. The molecule has 0 spiro atoms. The molecule has 29 heteroatoms. The van der Waals surface area contributed by atoms with E-state index in [2.05, 4.69) is 84.1 Å². The molecule has 25 nitrogen and oxygen atoms in total. The van der Waals surface area contributed by atoms with Crippen molar-refractivity contribution < 1.29 is 34.2 Å². The number of rotatable bonds is 7. The van der Waals surface area contributed by atoms with Gasteiger partial charge in [-0.15, -0.1) is 19.4 Å². The highest BCUT2D eigenvalue weighted by Crippen LogP contribution is 2.29. The van der Waals surface area contributed by atoms with E-state index in [0.717, 1.165) is 60.7 Å². The lowest BCUT2D eigenvalue weighted by atomic mass is 10.2. The highest BCUT2D eigenvalue weighted by atomic mass is 79.9. The van der Waals surface area contributed by atoms with E-state index in [1.54, 1.807) is 60.7 Å². The molecule has 0 aliphatic heterocycles. The van der Waals surface area contributed by atoms with Crippen molar-refractivity contribution in [2.24, 2.45) is 0 Å². The number of para-hydroxylation sites is 2. The minimum Gasteiger partial charge on any atom is -0.692 e. The molecule has 0 atom stereocenters. The zero-order valence-corrected chi connectivity index (χ0v) is 44.9. The summed E-state index contributed by atoms with van der Waals surface area (Å²) in [6.07, 6.45) is 0. The van der Waals surface area contributed by atoms with Crippen LogP contribution in [0, 0.1) is 51.2 Å². The highest BCUT2D eigenvalue weighted by Gasteiger charge is 2.31. The molecule has 0 fully saturated rings. The van der Waals surface area contributed by atoms with Crippen molar-refractivity contribution in [2.45, 2.75) is 0 Å². The van der Waals surface area contributed by atoms with Crippen LogP contribution in [0.5, 0.6) is 0 Å². The van der Waals surface area contributed by atoms with E-state index in [1.165, 1.54) is 27.8 Å². The van der Waals surface area contributed by atoms with Gasteiger partial charge < -0.3 is 20.8 Å². The van der Waals surface area contributed by atoms with E-state index in [-0.39, 0.29) is 27.1 Å². The lowest BCUT2D eigenvalue weighted by Gasteiger charge is -2.03. The predicted octanol–water partition coefficient (Wildman–Crippen LogP) is 9.41. The normalized spacial score (nSPS) is 10.9.